The molecular formula is C31H35FN4O7. The lowest BCUT2D eigenvalue weighted by molar-refractivity contribution is -0.181. The van der Waals surface area contributed by atoms with Crippen LogP contribution in [-0.4, -0.2) is 84.0 Å². The van der Waals surface area contributed by atoms with Gasteiger partial charge in [0, 0.05) is 32.2 Å². The number of Topliss-reactive ketones (excluding diaryl/α,β-unsaturated/α-hetero) is 4. The van der Waals surface area contributed by atoms with E-state index in [9.17, 15) is 38.6 Å². The molecule has 2 aromatic rings. The van der Waals surface area contributed by atoms with E-state index in [1.54, 1.807) is 38.1 Å². The molecule has 0 spiro atoms. The molecule has 11 nitrogen and oxygen atoms in total. The quantitative estimate of drug-likeness (QED) is 0.279. The summed E-state index contributed by atoms with van der Waals surface area (Å²) in [6.07, 6.45) is 0.118. The van der Waals surface area contributed by atoms with E-state index in [4.69, 9.17) is 5.73 Å². The van der Waals surface area contributed by atoms with Gasteiger partial charge in [0.05, 0.1) is 23.2 Å². The summed E-state index contributed by atoms with van der Waals surface area (Å²) in [5.74, 6) is -11.5. The van der Waals surface area contributed by atoms with Crippen molar-refractivity contribution in [1.82, 2.24) is 4.90 Å². The van der Waals surface area contributed by atoms with Crippen LogP contribution in [0.4, 0.5) is 15.8 Å². The number of primary amides is 1. The second-order valence-electron chi connectivity index (χ2n) is 12.3. The number of likely N-dealkylation sites (N-methyl/N-ethyl adjacent to an activating group) is 1. The maximum atomic E-state index is 14.1. The van der Waals surface area contributed by atoms with Crippen LogP contribution >= 0.6 is 0 Å². The van der Waals surface area contributed by atoms with Gasteiger partial charge in [-0.15, -0.1) is 0 Å². The molecule has 0 aliphatic heterocycles. The maximum Gasteiger partial charge on any atom is 0.235 e. The predicted molar refractivity (Wildman–Crippen MR) is 154 cm³/mol. The molecule has 0 radical (unpaired) electrons. The third-order valence-corrected chi connectivity index (χ3v) is 9.10. The van der Waals surface area contributed by atoms with Gasteiger partial charge in [-0.25, -0.2) is 4.39 Å². The van der Waals surface area contributed by atoms with E-state index in [1.165, 1.54) is 31.1 Å². The van der Waals surface area contributed by atoms with Crippen LogP contribution in [0.2, 0.25) is 0 Å². The summed E-state index contributed by atoms with van der Waals surface area (Å²) in [4.78, 5) is 70.3. The molecule has 12 heteroatoms. The lowest BCUT2D eigenvalue weighted by atomic mass is 9.52. The van der Waals surface area contributed by atoms with Gasteiger partial charge in [-0.1, -0.05) is 6.07 Å². The molecule has 0 saturated heterocycles. The normalized spacial score (nSPS) is 28.3. The van der Waals surface area contributed by atoms with Crippen LogP contribution < -0.4 is 16.0 Å². The van der Waals surface area contributed by atoms with Crippen LogP contribution in [0, 0.1) is 36.4 Å². The molecule has 3 aliphatic rings. The molecule has 5 N–H and O–H groups in total. The average Bonchev–Trinajstić information content (AvgIpc) is 2.89. The molecule has 2 aromatic carbocycles. The fourth-order valence-electron chi connectivity index (χ4n) is 7.30. The summed E-state index contributed by atoms with van der Waals surface area (Å²) in [6, 6.07) is 5.02. The first-order valence-corrected chi connectivity index (χ1v) is 14.0. The molecule has 1 amide bonds. The number of hydrogen-bond acceptors (Lipinski definition) is 10. The minimum Gasteiger partial charge on any atom is -0.505 e. The highest BCUT2D eigenvalue weighted by molar-refractivity contribution is 6.32. The van der Waals surface area contributed by atoms with Gasteiger partial charge in [0.15, 0.2) is 34.7 Å². The van der Waals surface area contributed by atoms with E-state index >= 15 is 0 Å². The van der Waals surface area contributed by atoms with Crippen LogP contribution in [0.5, 0.6) is 5.75 Å². The lowest BCUT2D eigenvalue weighted by Crippen LogP contribution is -2.74. The number of ketones is 4. The van der Waals surface area contributed by atoms with Crippen LogP contribution in [0.3, 0.4) is 0 Å². The van der Waals surface area contributed by atoms with Crippen molar-refractivity contribution in [3.63, 3.8) is 0 Å². The van der Waals surface area contributed by atoms with E-state index in [0.29, 0.717) is 22.4 Å². The van der Waals surface area contributed by atoms with Gasteiger partial charge in [-0.3, -0.25) is 28.9 Å². The van der Waals surface area contributed by atoms with Crippen molar-refractivity contribution in [2.24, 2.45) is 29.4 Å². The number of benzene rings is 2. The van der Waals surface area contributed by atoms with Crippen molar-refractivity contribution in [3.05, 3.63) is 52.3 Å². The minimum atomic E-state index is -2.79. The number of carbonyl (C=O) groups is 5. The predicted octanol–water partition coefficient (Wildman–Crippen LogP) is 0.993. The average molecular weight is 595 g/mol. The topological polar surface area (TPSA) is 170 Å². The Hall–Kier alpha value is -4.16. The van der Waals surface area contributed by atoms with Crippen LogP contribution in [0.25, 0.3) is 0 Å². The van der Waals surface area contributed by atoms with Crippen molar-refractivity contribution in [3.8, 4) is 5.75 Å². The molecule has 0 heterocycles. The Kier molecular flexibility index (Phi) is 7.42. The van der Waals surface area contributed by atoms with Crippen molar-refractivity contribution in [2.45, 2.75) is 38.0 Å². The first-order chi connectivity index (χ1) is 20.1. The summed E-state index contributed by atoms with van der Waals surface area (Å²) in [5.41, 5.74) is 5.05. The largest absolute Gasteiger partial charge is 0.505 e. The Balaban J connectivity index is 1.59. The van der Waals surface area contributed by atoms with Gasteiger partial charge < -0.3 is 26.2 Å². The highest BCUT2D eigenvalue weighted by atomic mass is 19.1. The van der Waals surface area contributed by atoms with Gasteiger partial charge in [0.1, 0.15) is 11.6 Å². The zero-order chi connectivity index (χ0) is 31.7. The SMILES string of the molecule is Cc1cc(F)cc(CNc2cc(N(C)C)c3c(c2O)C(=O)C2C(=O)[C@@]4(O)C(=O)C(C(N)=O)C(=O)[C@H](N(C)C)[C@H]4C[C@H]2C3)c1. The molecular weight excluding hydrogens is 559 g/mol. The first kappa shape index (κ1) is 30.3. The van der Waals surface area contributed by atoms with E-state index < -0.39 is 75.9 Å². The smallest absolute Gasteiger partial charge is 0.235 e. The van der Waals surface area contributed by atoms with Gasteiger partial charge in [0.2, 0.25) is 5.91 Å². The maximum absolute atomic E-state index is 14.1. The molecule has 228 valence electrons. The Morgan fingerprint density at radius 2 is 1.77 bits per heavy atom. The number of carbonyl (C=O) groups excluding carboxylic acids is 5. The number of fused-ring (bicyclic) bond motifs is 3. The highest BCUT2D eigenvalue weighted by Gasteiger charge is 2.69. The monoisotopic (exact) mass is 594 g/mol. The summed E-state index contributed by atoms with van der Waals surface area (Å²) in [6.45, 7) is 1.88. The number of rotatable bonds is 6. The molecule has 5 rings (SSSR count). The molecule has 2 saturated carbocycles. The first-order valence-electron chi connectivity index (χ1n) is 14.0. The fourth-order valence-corrected chi connectivity index (χ4v) is 7.30. The Morgan fingerprint density at radius 3 is 2.35 bits per heavy atom. The number of nitrogens with one attached hydrogen (secondary N) is 1. The highest BCUT2D eigenvalue weighted by Crippen LogP contribution is 2.52. The molecule has 0 bridgehead atoms. The minimum absolute atomic E-state index is 0.0313. The number of aromatic hydroxyl groups is 1. The molecule has 6 atom stereocenters. The number of phenolic OH excluding ortho intramolecular Hbond substituents is 1. The van der Waals surface area contributed by atoms with Gasteiger partial charge in [-0.05, 0) is 74.7 Å². The summed E-state index contributed by atoms with van der Waals surface area (Å²) in [5, 5.41) is 26.2. The third-order valence-electron chi connectivity index (χ3n) is 9.10. The summed E-state index contributed by atoms with van der Waals surface area (Å²) < 4.78 is 14.0. The summed E-state index contributed by atoms with van der Waals surface area (Å²) >= 11 is 0. The second kappa shape index (κ2) is 10.5. The van der Waals surface area contributed by atoms with E-state index in [0.717, 1.165) is 0 Å². The van der Waals surface area contributed by atoms with Crippen molar-refractivity contribution in [1.29, 1.82) is 0 Å². The molecule has 0 aromatic heterocycles. The van der Waals surface area contributed by atoms with E-state index in [-0.39, 0.29) is 30.6 Å². The lowest BCUT2D eigenvalue weighted by Gasteiger charge is -2.52. The molecule has 43 heavy (non-hydrogen) atoms. The number of anilines is 2. The van der Waals surface area contributed by atoms with Gasteiger partial charge in [0.25, 0.3) is 0 Å². The number of aryl methyl sites for hydroxylation is 1. The zero-order valence-corrected chi connectivity index (χ0v) is 24.6. The van der Waals surface area contributed by atoms with E-state index in [1.807, 2.05) is 0 Å². The van der Waals surface area contributed by atoms with Crippen molar-refractivity contribution in [2.75, 3.05) is 38.4 Å². The number of nitrogens with zero attached hydrogens (tertiary/aromatic N) is 2. The number of phenols is 1. The number of hydrogen-bond donors (Lipinski definition) is 4. The van der Waals surface area contributed by atoms with Crippen LogP contribution in [-0.2, 0) is 32.1 Å². The Morgan fingerprint density at radius 1 is 1.09 bits per heavy atom. The number of nitrogens with two attached hydrogens (primary N) is 1. The fraction of sp³-hybridized carbons (Fsp3) is 0.452. The third kappa shape index (κ3) is 4.60. The number of halogens is 1. The number of aliphatic hydroxyl groups is 1. The molecule has 2 unspecified atom stereocenters. The molecule has 3 aliphatic carbocycles. The van der Waals surface area contributed by atoms with Crippen LogP contribution in [0.1, 0.15) is 33.5 Å². The Labute approximate surface area is 247 Å². The van der Waals surface area contributed by atoms with Crippen LogP contribution in [0.15, 0.2) is 24.3 Å². The molecule has 2 fully saturated rings. The standard InChI is InChI=1S/C31H35FN4O7/c1-13-6-14(8-16(32)7-13)12-34-19-11-20(35(2)3)17-9-15-10-18-24(36(4)5)27(39)23(30(33)42)29(41)31(18,43)28(40)21(15)26(38)22(17)25(19)37/h6-8,11,15,18,21,23-24,34,37,43H,9-10,12H2,1-5H3,(H2,33,42)/t15-,18-,21?,23?,24-,31-/m1/s1. The summed E-state index contributed by atoms with van der Waals surface area (Å²) in [7, 11) is 6.60. The van der Waals surface area contributed by atoms with Crippen molar-refractivity contribution < 1.29 is 38.6 Å². The van der Waals surface area contributed by atoms with Gasteiger partial charge >= 0.3 is 0 Å². The second-order valence-corrected chi connectivity index (χ2v) is 12.3. The Bertz CT molecular complexity index is 1570. The van der Waals surface area contributed by atoms with E-state index in [2.05, 4.69) is 5.32 Å². The number of amides is 1. The van der Waals surface area contributed by atoms with Gasteiger partial charge in [-0.2, -0.15) is 0 Å². The van der Waals surface area contributed by atoms with Crippen molar-refractivity contribution >= 4 is 40.4 Å². The zero-order valence-electron chi connectivity index (χ0n) is 24.6.